The molecule has 1 unspecified atom stereocenters. The number of anilines is 1. The Bertz CT molecular complexity index is 875. The first-order valence-corrected chi connectivity index (χ1v) is 9.51. The average molecular weight is 384 g/mol. The van der Waals surface area contributed by atoms with Crippen LogP contribution < -0.4 is 5.32 Å². The molecule has 140 valence electrons. The van der Waals surface area contributed by atoms with E-state index in [9.17, 15) is 9.59 Å². The molecule has 0 saturated heterocycles. The summed E-state index contributed by atoms with van der Waals surface area (Å²) in [6.07, 6.45) is 0.688. The zero-order chi connectivity index (χ0) is 19.1. The van der Waals surface area contributed by atoms with Crippen molar-refractivity contribution in [1.29, 1.82) is 0 Å². The van der Waals surface area contributed by atoms with E-state index in [2.05, 4.69) is 10.5 Å². The number of ether oxygens (including phenoxy) is 1. The maximum Gasteiger partial charge on any atom is 0.306 e. The van der Waals surface area contributed by atoms with Gasteiger partial charge in [0, 0.05) is 22.9 Å². The topological polar surface area (TPSA) is 81.4 Å². The van der Waals surface area contributed by atoms with Gasteiger partial charge in [0.05, 0.1) is 0 Å². The summed E-state index contributed by atoms with van der Waals surface area (Å²) in [5.74, 6) is -0.0210. The zero-order valence-corrected chi connectivity index (χ0v) is 15.7. The van der Waals surface area contributed by atoms with Gasteiger partial charge in [-0.1, -0.05) is 41.6 Å². The molecule has 7 heteroatoms. The summed E-state index contributed by atoms with van der Waals surface area (Å²) in [5.41, 5.74) is 0.599. The Hall–Kier alpha value is -2.93. The summed E-state index contributed by atoms with van der Waals surface area (Å²) < 4.78 is 10.4. The summed E-state index contributed by atoms with van der Waals surface area (Å²) >= 11 is 1.66. The van der Waals surface area contributed by atoms with Crippen molar-refractivity contribution in [2.24, 2.45) is 0 Å². The van der Waals surface area contributed by atoms with Gasteiger partial charge in [-0.25, -0.2) is 0 Å². The quantitative estimate of drug-likeness (QED) is 0.586. The lowest BCUT2D eigenvalue weighted by molar-refractivity contribution is -0.154. The van der Waals surface area contributed by atoms with Crippen LogP contribution in [-0.4, -0.2) is 17.0 Å². The number of aromatic nitrogens is 1. The highest BCUT2D eigenvalue weighted by Gasteiger charge is 2.25. The number of amides is 1. The summed E-state index contributed by atoms with van der Waals surface area (Å²) in [6, 6.07) is 14.5. The highest BCUT2D eigenvalue weighted by atomic mass is 32.1. The highest BCUT2D eigenvalue weighted by Crippen LogP contribution is 2.21. The maximum absolute atomic E-state index is 12.7. The molecule has 3 aromatic rings. The molecule has 2 heterocycles. The second kappa shape index (κ2) is 9.14. The molecule has 0 aliphatic heterocycles. The lowest BCUT2D eigenvalue weighted by atomic mass is 10.1. The van der Waals surface area contributed by atoms with E-state index >= 15 is 0 Å². The summed E-state index contributed by atoms with van der Waals surface area (Å²) in [4.78, 5) is 26.2. The number of aryl methyl sites for hydroxylation is 2. The van der Waals surface area contributed by atoms with E-state index in [0.29, 0.717) is 17.7 Å². The van der Waals surface area contributed by atoms with E-state index in [1.54, 1.807) is 48.6 Å². The highest BCUT2D eigenvalue weighted by molar-refractivity contribution is 7.09. The maximum atomic E-state index is 12.7. The molecule has 0 fully saturated rings. The molecule has 0 spiro atoms. The van der Waals surface area contributed by atoms with Crippen LogP contribution in [-0.2, 0) is 20.7 Å². The predicted molar refractivity (Wildman–Crippen MR) is 102 cm³/mol. The lowest BCUT2D eigenvalue weighted by Gasteiger charge is -2.17. The molecule has 1 amide bonds. The SMILES string of the molecule is Cc1cc(NC(=O)C(OC(=O)CCCc2cccs2)c2ccccc2)no1. The third-order valence-electron chi connectivity index (χ3n) is 3.85. The molecule has 1 aromatic carbocycles. The minimum Gasteiger partial charge on any atom is -0.447 e. The molecule has 1 N–H and O–H groups in total. The van der Waals surface area contributed by atoms with Gasteiger partial charge < -0.3 is 14.6 Å². The second-order valence-corrected chi connectivity index (χ2v) is 7.06. The number of hydrogen-bond acceptors (Lipinski definition) is 6. The monoisotopic (exact) mass is 384 g/mol. The normalized spacial score (nSPS) is 11.7. The number of thiophene rings is 1. The molecule has 0 radical (unpaired) electrons. The molecule has 6 nitrogen and oxygen atoms in total. The minimum absolute atomic E-state index is 0.248. The summed E-state index contributed by atoms with van der Waals surface area (Å²) in [7, 11) is 0. The van der Waals surface area contributed by atoms with E-state index in [-0.39, 0.29) is 12.2 Å². The van der Waals surface area contributed by atoms with Crippen LogP contribution in [0.25, 0.3) is 0 Å². The number of esters is 1. The Labute approximate surface area is 161 Å². The fraction of sp³-hybridized carbons (Fsp3) is 0.250. The van der Waals surface area contributed by atoms with Crippen LogP contribution in [0, 0.1) is 6.92 Å². The molecule has 0 aliphatic carbocycles. The molecule has 3 rings (SSSR count). The number of nitrogens with zero attached hydrogens (tertiary/aromatic N) is 1. The lowest BCUT2D eigenvalue weighted by Crippen LogP contribution is -2.26. The molecule has 0 saturated carbocycles. The Morgan fingerprint density at radius 2 is 2.04 bits per heavy atom. The second-order valence-electron chi connectivity index (χ2n) is 6.03. The standard InChI is InChI=1S/C20H20N2O4S/c1-14-13-17(22-26-14)21-20(24)19(15-7-3-2-4-8-15)25-18(23)11-5-9-16-10-6-12-27-16/h2-4,6-8,10,12-13,19H,5,9,11H2,1H3,(H,21,22,24). The van der Waals surface area contributed by atoms with Gasteiger partial charge in [0.1, 0.15) is 5.76 Å². The van der Waals surface area contributed by atoms with Crippen molar-refractivity contribution in [2.45, 2.75) is 32.3 Å². The van der Waals surface area contributed by atoms with E-state index in [1.807, 2.05) is 23.6 Å². The molecular weight excluding hydrogens is 364 g/mol. The fourth-order valence-electron chi connectivity index (χ4n) is 2.57. The number of hydrogen-bond donors (Lipinski definition) is 1. The molecule has 27 heavy (non-hydrogen) atoms. The van der Waals surface area contributed by atoms with E-state index in [1.165, 1.54) is 4.88 Å². The van der Waals surface area contributed by atoms with Gasteiger partial charge in [-0.15, -0.1) is 11.3 Å². The number of rotatable bonds is 8. The van der Waals surface area contributed by atoms with Gasteiger partial charge in [0.25, 0.3) is 5.91 Å². The van der Waals surface area contributed by atoms with Crippen LogP contribution in [0.1, 0.15) is 35.1 Å². The van der Waals surface area contributed by atoms with Crippen LogP contribution in [0.5, 0.6) is 0 Å². The number of carbonyl (C=O) groups is 2. The van der Waals surface area contributed by atoms with Crippen LogP contribution in [0.15, 0.2) is 58.4 Å². The first-order valence-electron chi connectivity index (χ1n) is 8.63. The number of benzene rings is 1. The Morgan fingerprint density at radius 3 is 2.70 bits per heavy atom. The van der Waals surface area contributed by atoms with Crippen molar-refractivity contribution in [2.75, 3.05) is 5.32 Å². The first-order chi connectivity index (χ1) is 13.1. The largest absolute Gasteiger partial charge is 0.447 e. The van der Waals surface area contributed by atoms with Gasteiger partial charge in [0.15, 0.2) is 5.82 Å². The third kappa shape index (κ3) is 5.52. The van der Waals surface area contributed by atoms with Gasteiger partial charge in [-0.2, -0.15) is 0 Å². The fourth-order valence-corrected chi connectivity index (χ4v) is 3.32. The van der Waals surface area contributed by atoms with Gasteiger partial charge in [0.2, 0.25) is 6.10 Å². The van der Waals surface area contributed by atoms with Crippen molar-refractivity contribution in [3.05, 3.63) is 70.1 Å². The van der Waals surface area contributed by atoms with Crippen LogP contribution in [0.4, 0.5) is 5.82 Å². The smallest absolute Gasteiger partial charge is 0.306 e. The summed E-state index contributed by atoms with van der Waals surface area (Å²) in [5, 5.41) is 8.38. The molecule has 1 atom stereocenters. The van der Waals surface area contributed by atoms with Crippen molar-refractivity contribution in [3.8, 4) is 0 Å². The minimum atomic E-state index is -1.04. The molecular formula is C20H20N2O4S. The Kier molecular flexibility index (Phi) is 6.38. The van der Waals surface area contributed by atoms with Gasteiger partial charge in [-0.05, 0) is 31.2 Å². The van der Waals surface area contributed by atoms with E-state index in [4.69, 9.17) is 9.26 Å². The average Bonchev–Trinajstić information content (AvgIpc) is 3.32. The van der Waals surface area contributed by atoms with Crippen molar-refractivity contribution >= 4 is 29.0 Å². The first kappa shape index (κ1) is 18.8. The van der Waals surface area contributed by atoms with Crippen LogP contribution in [0.3, 0.4) is 0 Å². The summed E-state index contributed by atoms with van der Waals surface area (Å²) in [6.45, 7) is 1.73. The number of carbonyl (C=O) groups excluding carboxylic acids is 2. The van der Waals surface area contributed by atoms with Gasteiger partial charge in [-0.3, -0.25) is 9.59 Å². The van der Waals surface area contributed by atoms with Crippen molar-refractivity contribution < 1.29 is 18.8 Å². The van der Waals surface area contributed by atoms with Crippen molar-refractivity contribution in [1.82, 2.24) is 5.16 Å². The Morgan fingerprint density at radius 1 is 1.22 bits per heavy atom. The van der Waals surface area contributed by atoms with E-state index in [0.717, 1.165) is 6.42 Å². The van der Waals surface area contributed by atoms with Crippen LogP contribution >= 0.6 is 11.3 Å². The zero-order valence-electron chi connectivity index (χ0n) is 14.9. The van der Waals surface area contributed by atoms with Gasteiger partial charge >= 0.3 is 5.97 Å². The predicted octanol–water partition coefficient (Wildman–Crippen LogP) is 4.29. The molecule has 2 aromatic heterocycles. The van der Waals surface area contributed by atoms with E-state index < -0.39 is 18.0 Å². The van der Waals surface area contributed by atoms with Crippen LogP contribution in [0.2, 0.25) is 0 Å². The number of nitrogens with one attached hydrogen (secondary N) is 1. The third-order valence-corrected chi connectivity index (χ3v) is 4.79. The Balaban J connectivity index is 1.62. The molecule has 0 bridgehead atoms. The molecule has 0 aliphatic rings. The van der Waals surface area contributed by atoms with Crippen molar-refractivity contribution in [3.63, 3.8) is 0 Å².